The zero-order valence-electron chi connectivity index (χ0n) is 22.1. The van der Waals surface area contributed by atoms with Crippen molar-refractivity contribution in [1.29, 1.82) is 0 Å². The molecule has 0 radical (unpaired) electrons. The van der Waals surface area contributed by atoms with E-state index in [1.807, 2.05) is 26.0 Å². The van der Waals surface area contributed by atoms with Gasteiger partial charge in [-0.25, -0.2) is 12.8 Å². The summed E-state index contributed by atoms with van der Waals surface area (Å²) in [5, 5.41) is 2.58. The molecule has 2 amide bonds. The van der Waals surface area contributed by atoms with Crippen LogP contribution in [0.3, 0.4) is 0 Å². The molecule has 0 saturated carbocycles. The number of amides is 2. The number of anilines is 1. The van der Waals surface area contributed by atoms with Crippen molar-refractivity contribution >= 4 is 27.5 Å². The topological polar surface area (TPSA) is 86.8 Å². The minimum Gasteiger partial charge on any atom is -0.357 e. The van der Waals surface area contributed by atoms with Crippen molar-refractivity contribution in [1.82, 2.24) is 10.2 Å². The Morgan fingerprint density at radius 1 is 0.921 bits per heavy atom. The average molecular weight is 540 g/mol. The van der Waals surface area contributed by atoms with Crippen LogP contribution in [-0.4, -0.2) is 44.8 Å². The second-order valence-electron chi connectivity index (χ2n) is 9.26. The minimum absolute atomic E-state index is 0.0105. The number of carbonyl (C=O) groups is 2. The van der Waals surface area contributed by atoms with Crippen molar-refractivity contribution < 1.29 is 22.4 Å². The monoisotopic (exact) mass is 539 g/mol. The molecule has 0 aliphatic heterocycles. The van der Waals surface area contributed by atoms with Crippen LogP contribution in [0.5, 0.6) is 0 Å². The van der Waals surface area contributed by atoms with Gasteiger partial charge in [0.2, 0.25) is 11.8 Å². The van der Waals surface area contributed by atoms with Crippen LogP contribution in [0.15, 0.2) is 83.8 Å². The van der Waals surface area contributed by atoms with Gasteiger partial charge in [0.15, 0.2) is 0 Å². The highest BCUT2D eigenvalue weighted by Gasteiger charge is 2.33. The Hall–Kier alpha value is -3.72. The molecule has 0 spiro atoms. The zero-order chi connectivity index (χ0) is 27.9. The molecule has 3 aromatic rings. The number of likely N-dealkylation sites (N-methyl/N-ethyl adjacent to an activating group) is 1. The quantitative estimate of drug-likeness (QED) is 0.383. The summed E-state index contributed by atoms with van der Waals surface area (Å²) < 4.78 is 42.1. The number of sulfonamides is 1. The van der Waals surface area contributed by atoms with E-state index in [4.69, 9.17) is 0 Å². The molecule has 9 heteroatoms. The van der Waals surface area contributed by atoms with Crippen LogP contribution in [0.1, 0.15) is 44.2 Å². The van der Waals surface area contributed by atoms with Crippen LogP contribution in [0, 0.1) is 5.82 Å². The molecule has 3 aromatic carbocycles. The van der Waals surface area contributed by atoms with E-state index >= 15 is 0 Å². The lowest BCUT2D eigenvalue weighted by Gasteiger charge is -2.33. The predicted molar refractivity (Wildman–Crippen MR) is 147 cm³/mol. The molecule has 7 nitrogen and oxygen atoms in total. The maximum Gasteiger partial charge on any atom is 0.264 e. The maximum absolute atomic E-state index is 13.8. The third-order valence-electron chi connectivity index (χ3n) is 6.36. The summed E-state index contributed by atoms with van der Waals surface area (Å²) in [6.45, 7) is 5.33. The van der Waals surface area contributed by atoms with Crippen molar-refractivity contribution in [3.63, 3.8) is 0 Å². The smallest absolute Gasteiger partial charge is 0.264 e. The molecule has 0 aliphatic rings. The molecule has 0 heterocycles. The van der Waals surface area contributed by atoms with Crippen LogP contribution in [0.4, 0.5) is 10.1 Å². The van der Waals surface area contributed by atoms with E-state index in [9.17, 15) is 22.4 Å². The van der Waals surface area contributed by atoms with Gasteiger partial charge in [-0.3, -0.25) is 13.9 Å². The fraction of sp³-hybridized carbons (Fsp3) is 0.310. The van der Waals surface area contributed by atoms with Gasteiger partial charge in [-0.2, -0.15) is 0 Å². The zero-order valence-corrected chi connectivity index (χ0v) is 22.9. The summed E-state index contributed by atoms with van der Waals surface area (Å²) in [5.74, 6) is -1.11. The highest BCUT2D eigenvalue weighted by Crippen LogP contribution is 2.26. The number of nitrogens with zero attached hydrogens (tertiary/aromatic N) is 2. The normalized spacial score (nSPS) is 12.2. The van der Waals surface area contributed by atoms with Gasteiger partial charge < -0.3 is 10.2 Å². The van der Waals surface area contributed by atoms with E-state index in [2.05, 4.69) is 5.32 Å². The van der Waals surface area contributed by atoms with Crippen LogP contribution >= 0.6 is 0 Å². The molecule has 0 bridgehead atoms. The first-order valence-corrected chi connectivity index (χ1v) is 14.0. The summed E-state index contributed by atoms with van der Waals surface area (Å²) in [6, 6.07) is 19.7. The van der Waals surface area contributed by atoms with Crippen LogP contribution in [0.2, 0.25) is 0 Å². The average Bonchev–Trinajstić information content (AvgIpc) is 2.92. The van der Waals surface area contributed by atoms with Crippen LogP contribution < -0.4 is 9.62 Å². The molecule has 0 fully saturated rings. The summed E-state index contributed by atoms with van der Waals surface area (Å²) in [4.78, 5) is 27.9. The molecule has 38 heavy (non-hydrogen) atoms. The fourth-order valence-corrected chi connectivity index (χ4v) is 5.58. The van der Waals surface area contributed by atoms with Crippen LogP contribution in [-0.2, 0) is 26.2 Å². The van der Waals surface area contributed by atoms with E-state index < -0.39 is 34.3 Å². The number of nitrogens with one attached hydrogen (secondary N) is 1. The van der Waals surface area contributed by atoms with Gasteiger partial charge in [-0.15, -0.1) is 0 Å². The van der Waals surface area contributed by atoms with Gasteiger partial charge in [0.05, 0.1) is 10.6 Å². The van der Waals surface area contributed by atoms with Crippen molar-refractivity contribution in [2.75, 3.05) is 17.9 Å². The lowest BCUT2D eigenvalue weighted by molar-refractivity contribution is -0.140. The van der Waals surface area contributed by atoms with Gasteiger partial charge in [0.25, 0.3) is 10.0 Å². The summed E-state index contributed by atoms with van der Waals surface area (Å²) >= 11 is 0. The van der Waals surface area contributed by atoms with Gasteiger partial charge in [0.1, 0.15) is 18.4 Å². The summed E-state index contributed by atoms with van der Waals surface area (Å²) in [5.41, 5.74) is 1.97. The molecular formula is C29H34FN3O4S. The SMILES string of the molecule is CCC(C(=O)NC)N(Cc1ccc(F)cc1)C(=O)CN(c1ccc(C(C)C)cc1)S(=O)(=O)c1ccccc1. The molecule has 202 valence electrons. The number of carbonyl (C=O) groups excluding carboxylic acids is 2. The lowest BCUT2D eigenvalue weighted by atomic mass is 10.0. The minimum atomic E-state index is -4.12. The van der Waals surface area contributed by atoms with E-state index in [1.54, 1.807) is 37.3 Å². The number of halogens is 1. The van der Waals surface area contributed by atoms with E-state index in [0.717, 1.165) is 9.87 Å². The van der Waals surface area contributed by atoms with E-state index in [1.165, 1.54) is 48.3 Å². The number of rotatable bonds is 11. The highest BCUT2D eigenvalue weighted by molar-refractivity contribution is 7.92. The first kappa shape index (κ1) is 28.8. The second-order valence-corrected chi connectivity index (χ2v) is 11.1. The standard InChI is InChI=1S/C29H34FN3O4S/c1-5-27(29(35)31-4)32(19-22-11-15-24(30)16-12-22)28(34)20-33(25-17-13-23(14-18-25)21(2)3)38(36,37)26-9-7-6-8-10-26/h6-18,21,27H,5,19-20H2,1-4H3,(H,31,35). The predicted octanol–water partition coefficient (Wildman–Crippen LogP) is 4.70. The van der Waals surface area contributed by atoms with E-state index in [-0.39, 0.29) is 23.3 Å². The fourth-order valence-electron chi connectivity index (χ4n) is 4.15. The Bertz CT molecular complexity index is 1330. The van der Waals surface area contributed by atoms with Crippen molar-refractivity contribution in [2.45, 2.75) is 50.6 Å². The Kier molecular flexibility index (Phi) is 9.63. The van der Waals surface area contributed by atoms with Gasteiger partial charge in [0, 0.05) is 13.6 Å². The molecule has 0 aromatic heterocycles. The Balaban J connectivity index is 2.05. The number of hydrogen-bond donors (Lipinski definition) is 1. The van der Waals surface area contributed by atoms with Gasteiger partial charge in [-0.1, -0.05) is 63.2 Å². The molecule has 1 atom stereocenters. The molecular weight excluding hydrogens is 505 g/mol. The summed E-state index contributed by atoms with van der Waals surface area (Å²) in [7, 11) is -2.64. The first-order chi connectivity index (χ1) is 18.1. The van der Waals surface area contributed by atoms with Crippen LogP contribution in [0.25, 0.3) is 0 Å². The molecule has 1 N–H and O–H groups in total. The third kappa shape index (κ3) is 6.77. The third-order valence-corrected chi connectivity index (χ3v) is 8.14. The molecule has 3 rings (SSSR count). The van der Waals surface area contributed by atoms with Crippen molar-refractivity contribution in [3.8, 4) is 0 Å². The molecule has 0 aliphatic carbocycles. The Morgan fingerprint density at radius 2 is 1.53 bits per heavy atom. The second kappa shape index (κ2) is 12.7. The maximum atomic E-state index is 13.8. The number of benzene rings is 3. The van der Waals surface area contributed by atoms with Gasteiger partial charge in [-0.05, 0) is 59.9 Å². The number of hydrogen-bond acceptors (Lipinski definition) is 4. The lowest BCUT2D eigenvalue weighted by Crippen LogP contribution is -2.51. The Morgan fingerprint density at radius 3 is 2.05 bits per heavy atom. The van der Waals surface area contributed by atoms with Crippen molar-refractivity contribution in [3.05, 3.63) is 95.8 Å². The molecule has 1 unspecified atom stereocenters. The Labute approximate surface area is 224 Å². The highest BCUT2D eigenvalue weighted by atomic mass is 32.2. The van der Waals surface area contributed by atoms with E-state index in [0.29, 0.717) is 17.7 Å². The molecule has 0 saturated heterocycles. The first-order valence-electron chi connectivity index (χ1n) is 12.5. The van der Waals surface area contributed by atoms with Gasteiger partial charge >= 0.3 is 0 Å². The summed E-state index contributed by atoms with van der Waals surface area (Å²) in [6.07, 6.45) is 0.307. The van der Waals surface area contributed by atoms with Crippen molar-refractivity contribution in [2.24, 2.45) is 0 Å². The largest absolute Gasteiger partial charge is 0.357 e.